The summed E-state index contributed by atoms with van der Waals surface area (Å²) in [5.41, 5.74) is 11.0. The molecule has 2 N–H and O–H groups in total. The van der Waals surface area contributed by atoms with Gasteiger partial charge in [-0.2, -0.15) is 0 Å². The van der Waals surface area contributed by atoms with Gasteiger partial charge in [-0.1, -0.05) is 103 Å². The molecule has 0 radical (unpaired) electrons. The van der Waals surface area contributed by atoms with E-state index in [1.54, 1.807) is 17.0 Å². The maximum atomic E-state index is 14.1. The Bertz CT molecular complexity index is 1570. The normalized spacial score (nSPS) is 11.5. The van der Waals surface area contributed by atoms with Crippen LogP contribution in [0.4, 0.5) is 5.13 Å². The van der Waals surface area contributed by atoms with Gasteiger partial charge in [-0.15, -0.1) is 11.3 Å². The number of nitrogen functional groups attached to an aromatic ring is 1. The van der Waals surface area contributed by atoms with Crippen LogP contribution in [0.3, 0.4) is 0 Å². The molecule has 0 bridgehead atoms. The van der Waals surface area contributed by atoms with Crippen LogP contribution in [0.15, 0.2) is 121 Å². The molecule has 1 atom stereocenters. The van der Waals surface area contributed by atoms with Crippen molar-refractivity contribution in [3.63, 3.8) is 0 Å². The first-order valence-corrected chi connectivity index (χ1v) is 14.4. The summed E-state index contributed by atoms with van der Waals surface area (Å²) in [6.07, 6.45) is 0. The highest BCUT2D eigenvalue weighted by Gasteiger charge is 2.26. The number of hydrogen-bond donors (Lipinski definition) is 1. The third kappa shape index (κ3) is 7.07. The molecule has 6 nitrogen and oxygen atoms in total. The van der Waals surface area contributed by atoms with E-state index in [0.29, 0.717) is 23.8 Å². The van der Waals surface area contributed by atoms with Gasteiger partial charge in [-0.05, 0) is 35.7 Å². The van der Waals surface area contributed by atoms with Gasteiger partial charge in [0.2, 0.25) is 5.91 Å². The lowest BCUT2D eigenvalue weighted by molar-refractivity contribution is -0.135. The highest BCUT2D eigenvalue weighted by Crippen LogP contribution is 2.25. The number of amides is 2. The van der Waals surface area contributed by atoms with Crippen molar-refractivity contribution >= 4 is 28.3 Å². The van der Waals surface area contributed by atoms with E-state index < -0.39 is 0 Å². The second-order valence-corrected chi connectivity index (χ2v) is 10.8. The highest BCUT2D eigenvalue weighted by atomic mass is 32.1. The number of nitrogens with zero attached hydrogens (tertiary/aromatic N) is 3. The quantitative estimate of drug-likeness (QED) is 0.203. The maximum absolute atomic E-state index is 14.1. The van der Waals surface area contributed by atoms with Crippen molar-refractivity contribution in [3.05, 3.63) is 143 Å². The molecular formula is C34H32N4O2S. The summed E-state index contributed by atoms with van der Waals surface area (Å²) in [5.74, 6) is -0.331. The lowest BCUT2D eigenvalue weighted by atomic mass is 10.1. The number of carbonyl (C=O) groups excluding carboxylic acids is 2. The van der Waals surface area contributed by atoms with E-state index >= 15 is 0 Å². The van der Waals surface area contributed by atoms with Gasteiger partial charge >= 0.3 is 0 Å². The first kappa shape index (κ1) is 27.8. The minimum Gasteiger partial charge on any atom is -0.375 e. The summed E-state index contributed by atoms with van der Waals surface area (Å²) in [6, 6.07) is 36.8. The Morgan fingerprint density at radius 2 is 1.34 bits per heavy atom. The molecule has 4 aromatic carbocycles. The predicted octanol–water partition coefficient (Wildman–Crippen LogP) is 6.82. The standard InChI is InChI=1S/C34H32N4O2S/c1-25(28-15-9-4-10-16-28)38(22-27-13-7-3-8-14-27)32(39)23-37(21-26-11-5-2-6-12-26)33(40)30-19-17-29(18-20-30)31-24-41-34(35)36-31/h2-20,24-25H,21-23H2,1H3,(H2,35,36)/t25-/m1/s1. The minimum absolute atomic E-state index is 0.0535. The molecular weight excluding hydrogens is 528 g/mol. The van der Waals surface area contributed by atoms with E-state index in [2.05, 4.69) is 4.98 Å². The molecule has 0 fully saturated rings. The highest BCUT2D eigenvalue weighted by molar-refractivity contribution is 7.13. The molecule has 0 saturated carbocycles. The zero-order valence-electron chi connectivity index (χ0n) is 22.9. The summed E-state index contributed by atoms with van der Waals surface area (Å²) in [7, 11) is 0. The molecule has 5 rings (SSSR count). The Kier molecular flexibility index (Phi) is 8.86. The van der Waals surface area contributed by atoms with Gasteiger partial charge < -0.3 is 15.5 Å². The van der Waals surface area contributed by atoms with Gasteiger partial charge in [0.25, 0.3) is 5.91 Å². The van der Waals surface area contributed by atoms with Crippen molar-refractivity contribution in [3.8, 4) is 11.3 Å². The second-order valence-electron chi connectivity index (χ2n) is 9.89. The number of carbonyl (C=O) groups is 2. The lowest BCUT2D eigenvalue weighted by Gasteiger charge is -2.32. The van der Waals surface area contributed by atoms with Gasteiger partial charge in [0.15, 0.2) is 5.13 Å². The van der Waals surface area contributed by atoms with Crippen molar-refractivity contribution < 1.29 is 9.59 Å². The first-order chi connectivity index (χ1) is 20.0. The van der Waals surface area contributed by atoms with Crippen LogP contribution in [0, 0.1) is 0 Å². The molecule has 7 heteroatoms. The average Bonchev–Trinajstić information content (AvgIpc) is 3.46. The van der Waals surface area contributed by atoms with E-state index in [1.165, 1.54) is 11.3 Å². The van der Waals surface area contributed by atoms with Crippen LogP contribution in [-0.2, 0) is 17.9 Å². The smallest absolute Gasteiger partial charge is 0.254 e. The fourth-order valence-corrected chi connectivity index (χ4v) is 5.35. The van der Waals surface area contributed by atoms with E-state index in [0.717, 1.165) is 27.9 Å². The van der Waals surface area contributed by atoms with Gasteiger partial charge in [0.1, 0.15) is 6.54 Å². The van der Waals surface area contributed by atoms with Crippen LogP contribution in [0.2, 0.25) is 0 Å². The first-order valence-electron chi connectivity index (χ1n) is 13.5. The van der Waals surface area contributed by atoms with Crippen molar-refractivity contribution in [1.29, 1.82) is 0 Å². The third-order valence-corrected chi connectivity index (χ3v) is 7.72. The minimum atomic E-state index is -0.210. The Hall–Kier alpha value is -4.75. The van der Waals surface area contributed by atoms with Crippen LogP contribution in [0.1, 0.15) is 40.0 Å². The van der Waals surface area contributed by atoms with Crippen LogP contribution in [-0.4, -0.2) is 33.1 Å². The lowest BCUT2D eigenvalue weighted by Crippen LogP contribution is -2.43. The fourth-order valence-electron chi connectivity index (χ4n) is 4.78. The Balaban J connectivity index is 1.42. The number of anilines is 1. The average molecular weight is 561 g/mol. The molecule has 5 aromatic rings. The van der Waals surface area contributed by atoms with Gasteiger partial charge in [-0.3, -0.25) is 9.59 Å². The summed E-state index contributed by atoms with van der Waals surface area (Å²) in [6.45, 7) is 2.73. The number of aromatic nitrogens is 1. The number of nitrogens with two attached hydrogens (primary N) is 1. The largest absolute Gasteiger partial charge is 0.375 e. The van der Waals surface area contributed by atoms with E-state index in [4.69, 9.17) is 5.73 Å². The summed E-state index contributed by atoms with van der Waals surface area (Å²) in [4.78, 5) is 35.7. The summed E-state index contributed by atoms with van der Waals surface area (Å²) < 4.78 is 0. The Morgan fingerprint density at radius 1 is 0.780 bits per heavy atom. The second kappa shape index (κ2) is 13.1. The zero-order chi connectivity index (χ0) is 28.6. The van der Waals surface area contributed by atoms with E-state index in [9.17, 15) is 9.59 Å². The summed E-state index contributed by atoms with van der Waals surface area (Å²) in [5, 5.41) is 2.39. The molecule has 206 valence electrons. The molecule has 1 aromatic heterocycles. The van der Waals surface area contributed by atoms with Crippen molar-refractivity contribution in [1.82, 2.24) is 14.8 Å². The third-order valence-electron chi connectivity index (χ3n) is 7.04. The zero-order valence-corrected chi connectivity index (χ0v) is 23.7. The molecule has 1 heterocycles. The summed E-state index contributed by atoms with van der Waals surface area (Å²) >= 11 is 1.38. The Labute approximate surface area is 244 Å². The molecule has 2 amide bonds. The van der Waals surface area contributed by atoms with Gasteiger partial charge in [0, 0.05) is 29.6 Å². The number of benzene rings is 4. The predicted molar refractivity (Wildman–Crippen MR) is 165 cm³/mol. The maximum Gasteiger partial charge on any atom is 0.254 e. The molecule has 0 unspecified atom stereocenters. The van der Waals surface area contributed by atoms with Crippen molar-refractivity contribution in [2.75, 3.05) is 12.3 Å². The van der Waals surface area contributed by atoms with E-state index in [-0.39, 0.29) is 24.4 Å². The van der Waals surface area contributed by atoms with Crippen molar-refractivity contribution in [2.45, 2.75) is 26.1 Å². The van der Waals surface area contributed by atoms with E-state index in [1.807, 2.05) is 120 Å². The fraction of sp³-hybridized carbons (Fsp3) is 0.147. The number of hydrogen-bond acceptors (Lipinski definition) is 5. The monoisotopic (exact) mass is 560 g/mol. The van der Waals surface area contributed by atoms with Crippen LogP contribution in [0.5, 0.6) is 0 Å². The van der Waals surface area contributed by atoms with Crippen molar-refractivity contribution in [2.24, 2.45) is 0 Å². The number of thiazole rings is 1. The molecule has 0 spiro atoms. The molecule has 0 aliphatic heterocycles. The topological polar surface area (TPSA) is 79.5 Å². The molecule has 0 saturated heterocycles. The van der Waals surface area contributed by atoms with Crippen LogP contribution in [0.25, 0.3) is 11.3 Å². The van der Waals surface area contributed by atoms with Gasteiger partial charge in [0.05, 0.1) is 11.7 Å². The van der Waals surface area contributed by atoms with Crippen LogP contribution < -0.4 is 5.73 Å². The van der Waals surface area contributed by atoms with Crippen LogP contribution >= 0.6 is 11.3 Å². The molecule has 0 aliphatic carbocycles. The SMILES string of the molecule is C[C@H](c1ccccc1)N(Cc1ccccc1)C(=O)CN(Cc1ccccc1)C(=O)c1ccc(-c2csc(N)n2)cc1. The molecule has 41 heavy (non-hydrogen) atoms. The Morgan fingerprint density at radius 3 is 1.90 bits per heavy atom. The van der Waals surface area contributed by atoms with Gasteiger partial charge in [-0.25, -0.2) is 4.98 Å². The molecule has 0 aliphatic rings. The number of rotatable bonds is 10.